The maximum absolute atomic E-state index is 5.21. The molecule has 0 aliphatic carbocycles. The van der Waals surface area contributed by atoms with Gasteiger partial charge in [0.15, 0.2) is 0 Å². The van der Waals surface area contributed by atoms with Crippen LogP contribution in [-0.2, 0) is 13.0 Å². The van der Waals surface area contributed by atoms with Gasteiger partial charge in [-0.3, -0.25) is 4.98 Å². The van der Waals surface area contributed by atoms with Crippen molar-refractivity contribution in [3.63, 3.8) is 0 Å². The number of rotatable bonds is 6. The Morgan fingerprint density at radius 1 is 1.29 bits per heavy atom. The molecule has 0 saturated heterocycles. The van der Waals surface area contributed by atoms with Crippen LogP contribution in [0.5, 0.6) is 5.75 Å². The number of aromatic nitrogens is 3. The Morgan fingerprint density at radius 2 is 2.24 bits per heavy atom. The maximum atomic E-state index is 5.21. The quantitative estimate of drug-likeness (QED) is 0.681. The predicted molar refractivity (Wildman–Crippen MR) is 82.3 cm³/mol. The highest BCUT2D eigenvalue weighted by molar-refractivity contribution is 5.76. The molecule has 0 atom stereocenters. The smallest absolute Gasteiger partial charge is 0.121 e. The Bertz CT molecular complexity index is 709. The van der Waals surface area contributed by atoms with E-state index in [0.29, 0.717) is 0 Å². The van der Waals surface area contributed by atoms with Gasteiger partial charge in [0.25, 0.3) is 0 Å². The first-order valence-corrected chi connectivity index (χ1v) is 6.97. The number of benzene rings is 1. The lowest BCUT2D eigenvalue weighted by atomic mass is 10.3. The molecule has 108 valence electrons. The largest absolute Gasteiger partial charge is 0.497 e. The molecular formula is C16H18N4O. The minimum atomic E-state index is 0.821. The van der Waals surface area contributed by atoms with Gasteiger partial charge in [-0.2, -0.15) is 0 Å². The third-order valence-corrected chi connectivity index (χ3v) is 3.33. The van der Waals surface area contributed by atoms with Crippen molar-refractivity contribution in [1.82, 2.24) is 20.3 Å². The van der Waals surface area contributed by atoms with Crippen LogP contribution in [0.1, 0.15) is 11.4 Å². The first-order chi connectivity index (χ1) is 10.3. The minimum Gasteiger partial charge on any atom is -0.497 e. The first-order valence-electron chi connectivity index (χ1n) is 6.97. The van der Waals surface area contributed by atoms with E-state index in [0.717, 1.165) is 42.1 Å². The van der Waals surface area contributed by atoms with Crippen molar-refractivity contribution >= 4 is 11.0 Å². The van der Waals surface area contributed by atoms with Crippen molar-refractivity contribution in [2.45, 2.75) is 13.0 Å². The summed E-state index contributed by atoms with van der Waals surface area (Å²) in [7, 11) is 1.67. The fraction of sp³-hybridized carbons (Fsp3) is 0.250. The molecule has 0 unspecified atom stereocenters. The van der Waals surface area contributed by atoms with Gasteiger partial charge >= 0.3 is 0 Å². The number of methoxy groups -OCH3 is 1. The van der Waals surface area contributed by atoms with E-state index in [2.05, 4.69) is 26.3 Å². The van der Waals surface area contributed by atoms with E-state index in [-0.39, 0.29) is 0 Å². The van der Waals surface area contributed by atoms with Crippen LogP contribution in [0.25, 0.3) is 11.0 Å². The van der Waals surface area contributed by atoms with E-state index in [1.54, 1.807) is 13.3 Å². The topological polar surface area (TPSA) is 62.8 Å². The third kappa shape index (κ3) is 3.38. The number of aromatic amines is 1. The van der Waals surface area contributed by atoms with Crippen LogP contribution in [0.3, 0.4) is 0 Å². The summed E-state index contributed by atoms with van der Waals surface area (Å²) in [6, 6.07) is 9.87. The minimum absolute atomic E-state index is 0.821. The van der Waals surface area contributed by atoms with E-state index in [1.807, 2.05) is 30.5 Å². The number of nitrogens with zero attached hydrogens (tertiary/aromatic N) is 2. The van der Waals surface area contributed by atoms with Crippen LogP contribution in [0, 0.1) is 0 Å². The Kier molecular flexibility index (Phi) is 4.12. The molecule has 3 rings (SSSR count). The molecule has 0 aliphatic rings. The summed E-state index contributed by atoms with van der Waals surface area (Å²) >= 11 is 0. The molecule has 0 radical (unpaired) electrons. The van der Waals surface area contributed by atoms with Crippen molar-refractivity contribution in [3.8, 4) is 5.75 Å². The molecule has 0 saturated carbocycles. The Morgan fingerprint density at radius 3 is 3.05 bits per heavy atom. The van der Waals surface area contributed by atoms with Crippen molar-refractivity contribution in [2.75, 3.05) is 13.7 Å². The zero-order valence-electron chi connectivity index (χ0n) is 12.0. The molecule has 0 spiro atoms. The number of imidazole rings is 1. The molecule has 3 aromatic rings. The van der Waals surface area contributed by atoms with Crippen molar-refractivity contribution in [2.24, 2.45) is 0 Å². The highest BCUT2D eigenvalue weighted by Crippen LogP contribution is 2.18. The van der Waals surface area contributed by atoms with Crippen LogP contribution in [-0.4, -0.2) is 28.6 Å². The molecule has 2 heterocycles. The summed E-state index contributed by atoms with van der Waals surface area (Å²) in [5.74, 6) is 1.82. The van der Waals surface area contributed by atoms with Gasteiger partial charge in [0.2, 0.25) is 0 Å². The van der Waals surface area contributed by atoms with E-state index >= 15 is 0 Å². The van der Waals surface area contributed by atoms with Gasteiger partial charge in [0.1, 0.15) is 11.6 Å². The fourth-order valence-corrected chi connectivity index (χ4v) is 2.23. The van der Waals surface area contributed by atoms with Gasteiger partial charge in [0, 0.05) is 38.0 Å². The predicted octanol–water partition coefficient (Wildman–Crippen LogP) is 2.30. The van der Waals surface area contributed by atoms with Gasteiger partial charge in [-0.05, 0) is 23.8 Å². The second-order valence-corrected chi connectivity index (χ2v) is 4.85. The number of hydrogen-bond donors (Lipinski definition) is 2. The lowest BCUT2D eigenvalue weighted by molar-refractivity contribution is 0.415. The molecule has 2 aromatic heterocycles. The molecule has 0 amide bonds. The van der Waals surface area contributed by atoms with E-state index in [9.17, 15) is 0 Å². The van der Waals surface area contributed by atoms with Crippen molar-refractivity contribution in [1.29, 1.82) is 0 Å². The monoisotopic (exact) mass is 282 g/mol. The number of fused-ring (bicyclic) bond motifs is 1. The number of ether oxygens (including phenoxy) is 1. The standard InChI is InChI=1S/C16H18N4O/c1-21-13-4-5-14-15(9-13)20-16(19-14)6-8-18-11-12-3-2-7-17-10-12/h2-5,7,9-10,18H,6,8,11H2,1H3,(H,19,20). The second-order valence-electron chi connectivity index (χ2n) is 4.85. The van der Waals surface area contributed by atoms with Crippen LogP contribution in [0.2, 0.25) is 0 Å². The maximum Gasteiger partial charge on any atom is 0.121 e. The normalized spacial score (nSPS) is 10.9. The number of H-pyrrole nitrogens is 1. The summed E-state index contributed by atoms with van der Waals surface area (Å²) in [6.45, 7) is 1.69. The van der Waals surface area contributed by atoms with E-state index < -0.39 is 0 Å². The summed E-state index contributed by atoms with van der Waals surface area (Å²) < 4.78 is 5.21. The highest BCUT2D eigenvalue weighted by Gasteiger charge is 2.03. The Hall–Kier alpha value is -2.40. The molecule has 0 bridgehead atoms. The number of hydrogen-bond acceptors (Lipinski definition) is 4. The SMILES string of the molecule is COc1ccc2nc(CCNCc3cccnc3)[nH]c2c1. The zero-order chi connectivity index (χ0) is 14.5. The molecule has 21 heavy (non-hydrogen) atoms. The molecule has 0 fully saturated rings. The Balaban J connectivity index is 1.55. The van der Waals surface area contributed by atoms with Gasteiger partial charge in [0.05, 0.1) is 18.1 Å². The summed E-state index contributed by atoms with van der Waals surface area (Å²) in [5.41, 5.74) is 3.17. The molecule has 5 heteroatoms. The zero-order valence-corrected chi connectivity index (χ0v) is 12.0. The van der Waals surface area contributed by atoms with Crippen LogP contribution in [0.15, 0.2) is 42.7 Å². The average Bonchev–Trinajstić information content (AvgIpc) is 2.94. The summed E-state index contributed by atoms with van der Waals surface area (Å²) in [4.78, 5) is 12.0. The van der Waals surface area contributed by atoms with Gasteiger partial charge in [-0.1, -0.05) is 6.07 Å². The van der Waals surface area contributed by atoms with Gasteiger partial charge in [-0.15, -0.1) is 0 Å². The highest BCUT2D eigenvalue weighted by atomic mass is 16.5. The van der Waals surface area contributed by atoms with Gasteiger partial charge < -0.3 is 15.0 Å². The molecule has 1 aromatic carbocycles. The summed E-state index contributed by atoms with van der Waals surface area (Å²) in [6.07, 6.45) is 4.52. The third-order valence-electron chi connectivity index (χ3n) is 3.33. The fourth-order valence-electron chi connectivity index (χ4n) is 2.23. The first kappa shape index (κ1) is 13.6. The lowest BCUT2D eigenvalue weighted by Crippen LogP contribution is -2.17. The average molecular weight is 282 g/mol. The number of pyridine rings is 1. The van der Waals surface area contributed by atoms with Crippen LogP contribution in [0.4, 0.5) is 0 Å². The Labute approximate surface area is 123 Å². The van der Waals surface area contributed by atoms with Crippen LogP contribution < -0.4 is 10.1 Å². The summed E-state index contributed by atoms with van der Waals surface area (Å²) in [5, 5.41) is 3.39. The molecule has 5 nitrogen and oxygen atoms in total. The van der Waals surface area contributed by atoms with Gasteiger partial charge in [-0.25, -0.2) is 4.98 Å². The van der Waals surface area contributed by atoms with Crippen molar-refractivity contribution in [3.05, 3.63) is 54.1 Å². The molecular weight excluding hydrogens is 264 g/mol. The second kappa shape index (κ2) is 6.37. The molecule has 2 N–H and O–H groups in total. The molecule has 0 aliphatic heterocycles. The van der Waals surface area contributed by atoms with E-state index in [4.69, 9.17) is 4.74 Å². The van der Waals surface area contributed by atoms with Crippen LogP contribution >= 0.6 is 0 Å². The number of nitrogens with one attached hydrogen (secondary N) is 2. The van der Waals surface area contributed by atoms with E-state index in [1.165, 1.54) is 5.56 Å². The lowest BCUT2D eigenvalue weighted by Gasteiger charge is -2.02. The van der Waals surface area contributed by atoms with Crippen molar-refractivity contribution < 1.29 is 4.74 Å².